The number of hydrogen-bond acceptors (Lipinski definition) is 6. The number of amides is 1. The maximum absolute atomic E-state index is 12.0. The van der Waals surface area contributed by atoms with Crippen LogP contribution in [0.1, 0.15) is 20.3 Å². The van der Waals surface area contributed by atoms with Crippen molar-refractivity contribution in [3.63, 3.8) is 0 Å². The molecule has 1 saturated heterocycles. The molecule has 1 aliphatic heterocycles. The number of carbonyl (C=O) groups is 1. The minimum absolute atomic E-state index is 0.0221. The third kappa shape index (κ3) is 4.87. The second-order valence-corrected chi connectivity index (χ2v) is 6.56. The maximum atomic E-state index is 12.0. The van der Waals surface area contributed by atoms with Gasteiger partial charge in [0.25, 0.3) is 0 Å². The van der Waals surface area contributed by atoms with E-state index in [2.05, 4.69) is 0 Å². The lowest BCUT2D eigenvalue weighted by atomic mass is 10.2. The van der Waals surface area contributed by atoms with E-state index in [9.17, 15) is 9.36 Å². The second-order valence-electron chi connectivity index (χ2n) is 3.38. The van der Waals surface area contributed by atoms with Gasteiger partial charge in [0.15, 0.2) is 0 Å². The van der Waals surface area contributed by atoms with Gasteiger partial charge in [-0.05, 0) is 20.3 Å². The summed E-state index contributed by atoms with van der Waals surface area (Å²) in [5, 5.41) is 0. The van der Waals surface area contributed by atoms with Gasteiger partial charge >= 0.3 is 13.7 Å². The summed E-state index contributed by atoms with van der Waals surface area (Å²) in [5.74, 6) is 0. The highest BCUT2D eigenvalue weighted by Gasteiger charge is 2.27. The Morgan fingerprint density at radius 1 is 1.29 bits per heavy atom. The van der Waals surface area contributed by atoms with E-state index >= 15 is 0 Å². The van der Waals surface area contributed by atoms with E-state index in [1.54, 1.807) is 18.7 Å². The SMILES string of the molecule is CCOP(=O)(CSOC(=O)N1CCC1)OCC. The highest BCUT2D eigenvalue weighted by molar-refractivity contribution is 8.00. The normalized spacial score (nSPS) is 15.5. The minimum atomic E-state index is -3.13. The third-order valence-corrected chi connectivity index (χ3v) is 5.36. The van der Waals surface area contributed by atoms with Gasteiger partial charge in [0.2, 0.25) is 0 Å². The predicted molar refractivity (Wildman–Crippen MR) is 66.0 cm³/mol. The summed E-state index contributed by atoms with van der Waals surface area (Å²) in [7, 11) is -3.13. The standard InChI is InChI=1S/C9H18NO5PS/c1-3-13-16(12,14-4-2)8-17-15-9(11)10-6-5-7-10/h3-8H2,1-2H3. The molecule has 100 valence electrons. The fourth-order valence-corrected chi connectivity index (χ4v) is 3.59. The molecule has 0 bridgehead atoms. The predicted octanol–water partition coefficient (Wildman–Crippen LogP) is 2.70. The Kier molecular flexibility index (Phi) is 6.33. The number of carbonyl (C=O) groups excluding carboxylic acids is 1. The molecule has 0 aromatic heterocycles. The van der Waals surface area contributed by atoms with E-state index in [1.807, 2.05) is 0 Å². The largest absolute Gasteiger partial charge is 0.421 e. The zero-order valence-corrected chi connectivity index (χ0v) is 11.8. The average Bonchev–Trinajstić information content (AvgIpc) is 2.15. The van der Waals surface area contributed by atoms with Crippen molar-refractivity contribution in [2.45, 2.75) is 20.3 Å². The van der Waals surface area contributed by atoms with Crippen molar-refractivity contribution >= 4 is 25.7 Å². The molecule has 8 heteroatoms. The third-order valence-electron chi connectivity index (χ3n) is 2.11. The highest BCUT2D eigenvalue weighted by Crippen LogP contribution is 2.50. The van der Waals surface area contributed by atoms with Crippen LogP contribution in [0.3, 0.4) is 0 Å². The lowest BCUT2D eigenvalue weighted by Crippen LogP contribution is -2.41. The topological polar surface area (TPSA) is 65.1 Å². The quantitative estimate of drug-likeness (QED) is 0.528. The van der Waals surface area contributed by atoms with Crippen LogP contribution in [0.25, 0.3) is 0 Å². The van der Waals surface area contributed by atoms with Gasteiger partial charge < -0.3 is 18.1 Å². The molecule has 0 unspecified atom stereocenters. The Bertz CT molecular complexity index is 287. The van der Waals surface area contributed by atoms with Gasteiger partial charge in [-0.15, -0.1) is 0 Å². The monoisotopic (exact) mass is 283 g/mol. The highest BCUT2D eigenvalue weighted by atomic mass is 32.2. The zero-order valence-electron chi connectivity index (χ0n) is 10.1. The number of hydrogen-bond donors (Lipinski definition) is 0. The van der Waals surface area contributed by atoms with Crippen LogP contribution in [0.15, 0.2) is 0 Å². The van der Waals surface area contributed by atoms with Crippen molar-refractivity contribution in [1.29, 1.82) is 0 Å². The Labute approximate surface area is 106 Å². The summed E-state index contributed by atoms with van der Waals surface area (Å²) < 4.78 is 27.0. The summed E-state index contributed by atoms with van der Waals surface area (Å²) in [6.07, 6.45) is 0.622. The number of rotatable bonds is 7. The average molecular weight is 283 g/mol. The van der Waals surface area contributed by atoms with Gasteiger partial charge in [-0.1, -0.05) is 0 Å². The van der Waals surface area contributed by atoms with Crippen LogP contribution in [0.2, 0.25) is 0 Å². The van der Waals surface area contributed by atoms with Gasteiger partial charge in [0, 0.05) is 13.1 Å². The molecule has 1 fully saturated rings. The van der Waals surface area contributed by atoms with Crippen molar-refractivity contribution in [2.75, 3.05) is 31.8 Å². The summed E-state index contributed by atoms with van der Waals surface area (Å²) in [6.45, 7) is 5.54. The Morgan fingerprint density at radius 2 is 1.88 bits per heavy atom. The van der Waals surface area contributed by atoms with Gasteiger partial charge in [-0.25, -0.2) is 4.79 Å². The molecular weight excluding hydrogens is 265 g/mol. The van der Waals surface area contributed by atoms with E-state index in [-0.39, 0.29) is 11.6 Å². The van der Waals surface area contributed by atoms with Crippen molar-refractivity contribution in [1.82, 2.24) is 4.90 Å². The second kappa shape index (κ2) is 7.26. The summed E-state index contributed by atoms with van der Waals surface area (Å²) in [4.78, 5) is 12.9. The molecule has 0 aromatic carbocycles. The van der Waals surface area contributed by atoms with Crippen molar-refractivity contribution in [2.24, 2.45) is 0 Å². The number of nitrogens with zero attached hydrogens (tertiary/aromatic N) is 1. The maximum Gasteiger partial charge on any atom is 0.421 e. The lowest BCUT2D eigenvalue weighted by Gasteiger charge is -2.29. The molecule has 0 aliphatic carbocycles. The van der Waals surface area contributed by atoms with Crippen molar-refractivity contribution < 1.29 is 22.6 Å². The lowest BCUT2D eigenvalue weighted by molar-refractivity contribution is 0.132. The molecule has 17 heavy (non-hydrogen) atoms. The Balaban J connectivity index is 2.26. The van der Waals surface area contributed by atoms with Gasteiger partial charge in [-0.3, -0.25) is 4.57 Å². The molecule has 0 aromatic rings. The van der Waals surface area contributed by atoms with Crippen LogP contribution in [-0.2, 0) is 17.8 Å². The first-order valence-corrected chi connectivity index (χ1v) is 8.21. The van der Waals surface area contributed by atoms with Crippen LogP contribution in [0, 0.1) is 0 Å². The van der Waals surface area contributed by atoms with E-state index in [0.717, 1.165) is 31.6 Å². The molecule has 0 N–H and O–H groups in total. The fraction of sp³-hybridized carbons (Fsp3) is 0.889. The molecule has 0 radical (unpaired) electrons. The first-order valence-electron chi connectivity index (χ1n) is 5.58. The molecular formula is C9H18NO5PS. The fourth-order valence-electron chi connectivity index (χ4n) is 1.20. The Morgan fingerprint density at radius 3 is 2.29 bits per heavy atom. The summed E-state index contributed by atoms with van der Waals surface area (Å²) in [5.41, 5.74) is 0.0221. The number of likely N-dealkylation sites (tertiary alicyclic amines) is 1. The van der Waals surface area contributed by atoms with E-state index in [0.29, 0.717) is 13.2 Å². The zero-order chi connectivity index (χ0) is 12.7. The van der Waals surface area contributed by atoms with Crippen molar-refractivity contribution in [3.05, 3.63) is 0 Å². The Hall–Kier alpha value is -0.230. The van der Waals surface area contributed by atoms with Crippen LogP contribution >= 0.6 is 19.6 Å². The first kappa shape index (κ1) is 14.8. The van der Waals surface area contributed by atoms with Gasteiger partial charge in [0.1, 0.15) is 5.49 Å². The van der Waals surface area contributed by atoms with E-state index in [4.69, 9.17) is 13.2 Å². The van der Waals surface area contributed by atoms with Crippen LogP contribution in [0.5, 0.6) is 0 Å². The molecule has 6 nitrogen and oxygen atoms in total. The molecule has 0 spiro atoms. The molecule has 1 aliphatic rings. The molecule has 1 amide bonds. The van der Waals surface area contributed by atoms with E-state index < -0.39 is 7.60 Å². The summed E-state index contributed by atoms with van der Waals surface area (Å²) >= 11 is 0.821. The van der Waals surface area contributed by atoms with Crippen LogP contribution in [-0.4, -0.2) is 42.8 Å². The minimum Gasteiger partial charge on any atom is -0.374 e. The van der Waals surface area contributed by atoms with Gasteiger partial charge in [-0.2, -0.15) is 0 Å². The van der Waals surface area contributed by atoms with Crippen LogP contribution in [0.4, 0.5) is 4.79 Å². The van der Waals surface area contributed by atoms with E-state index in [1.165, 1.54) is 0 Å². The van der Waals surface area contributed by atoms with Crippen molar-refractivity contribution in [3.8, 4) is 0 Å². The molecule has 1 heterocycles. The summed E-state index contributed by atoms with van der Waals surface area (Å²) in [6, 6.07) is 0. The molecule has 0 atom stereocenters. The molecule has 0 saturated carbocycles. The molecule has 1 rings (SSSR count). The first-order chi connectivity index (χ1) is 8.11. The van der Waals surface area contributed by atoms with Crippen LogP contribution < -0.4 is 0 Å². The van der Waals surface area contributed by atoms with Gasteiger partial charge in [0.05, 0.1) is 25.3 Å². The smallest absolute Gasteiger partial charge is 0.374 e.